The highest BCUT2D eigenvalue weighted by atomic mass is 15.3. The maximum atomic E-state index is 3.43. The highest BCUT2D eigenvalue weighted by Gasteiger charge is 2.33. The summed E-state index contributed by atoms with van der Waals surface area (Å²) in [6.45, 7) is 4.84. The van der Waals surface area contributed by atoms with Gasteiger partial charge in [0.05, 0.1) is 0 Å². The van der Waals surface area contributed by atoms with Crippen molar-refractivity contribution in [3.05, 3.63) is 0 Å². The smallest absolute Gasteiger partial charge is 0.0252 e. The first kappa shape index (κ1) is 10.4. The van der Waals surface area contributed by atoms with Gasteiger partial charge >= 0.3 is 0 Å². The van der Waals surface area contributed by atoms with E-state index in [0.29, 0.717) is 0 Å². The third-order valence-corrected chi connectivity index (χ3v) is 3.73. The maximum absolute atomic E-state index is 3.43. The summed E-state index contributed by atoms with van der Waals surface area (Å²) in [4.78, 5) is 5.11. The predicted molar refractivity (Wildman–Crippen MR) is 59.6 cm³/mol. The van der Waals surface area contributed by atoms with E-state index in [1.165, 1.54) is 45.4 Å². The molecule has 2 rings (SSSR count). The minimum atomic E-state index is 0.799. The molecule has 1 aliphatic heterocycles. The zero-order chi connectivity index (χ0) is 9.97. The maximum Gasteiger partial charge on any atom is 0.0252 e. The molecule has 0 radical (unpaired) electrons. The molecule has 1 aliphatic carbocycles. The quantitative estimate of drug-likeness (QED) is 0.690. The van der Waals surface area contributed by atoms with Crippen LogP contribution < -0.4 is 5.32 Å². The molecule has 2 fully saturated rings. The summed E-state index contributed by atoms with van der Waals surface area (Å²) in [5.41, 5.74) is 0. The van der Waals surface area contributed by atoms with Crippen molar-refractivity contribution in [2.24, 2.45) is 0 Å². The normalized spacial score (nSPS) is 35.4. The molecule has 1 saturated heterocycles. The molecule has 1 heterocycles. The number of hydrogen-bond acceptors (Lipinski definition) is 3. The van der Waals surface area contributed by atoms with Gasteiger partial charge in [0.15, 0.2) is 0 Å². The number of nitrogens with zero attached hydrogens (tertiary/aromatic N) is 2. The van der Waals surface area contributed by atoms with Crippen LogP contribution in [0.3, 0.4) is 0 Å². The Hall–Kier alpha value is -0.120. The molecule has 0 amide bonds. The van der Waals surface area contributed by atoms with Crippen LogP contribution in [-0.2, 0) is 0 Å². The van der Waals surface area contributed by atoms with Crippen molar-refractivity contribution >= 4 is 0 Å². The van der Waals surface area contributed by atoms with E-state index in [1.807, 2.05) is 0 Å². The lowest BCUT2D eigenvalue weighted by Gasteiger charge is -2.38. The fourth-order valence-electron chi connectivity index (χ4n) is 2.96. The molecule has 3 nitrogen and oxygen atoms in total. The lowest BCUT2D eigenvalue weighted by molar-refractivity contribution is 0.114. The standard InChI is InChI=1S/C11H23N3/c1-13(2)10-4-3-5-11(10)14-8-6-12-7-9-14/h10-12H,3-9H2,1-2H3/t10-,11-/m0/s1. The average Bonchev–Trinajstić information content (AvgIpc) is 2.67. The molecular formula is C11H23N3. The van der Waals surface area contributed by atoms with Crippen molar-refractivity contribution in [1.82, 2.24) is 15.1 Å². The van der Waals surface area contributed by atoms with Gasteiger partial charge in [-0.05, 0) is 26.9 Å². The Labute approximate surface area is 87.4 Å². The Bertz CT molecular complexity index is 175. The number of hydrogen-bond donors (Lipinski definition) is 1. The molecule has 3 heteroatoms. The minimum Gasteiger partial charge on any atom is -0.314 e. The van der Waals surface area contributed by atoms with Gasteiger partial charge in [0.25, 0.3) is 0 Å². The fourth-order valence-corrected chi connectivity index (χ4v) is 2.96. The van der Waals surface area contributed by atoms with Crippen molar-refractivity contribution in [2.75, 3.05) is 40.3 Å². The van der Waals surface area contributed by atoms with E-state index in [9.17, 15) is 0 Å². The lowest BCUT2D eigenvalue weighted by Crippen LogP contribution is -2.53. The highest BCUT2D eigenvalue weighted by Crippen LogP contribution is 2.27. The Morgan fingerprint density at radius 3 is 2.50 bits per heavy atom. The summed E-state index contributed by atoms with van der Waals surface area (Å²) in [6.07, 6.45) is 4.21. The van der Waals surface area contributed by atoms with Gasteiger partial charge in [-0.25, -0.2) is 0 Å². The zero-order valence-corrected chi connectivity index (χ0v) is 9.50. The van der Waals surface area contributed by atoms with E-state index in [1.54, 1.807) is 0 Å². The summed E-state index contributed by atoms with van der Waals surface area (Å²) in [6, 6.07) is 1.63. The SMILES string of the molecule is CN(C)[C@H]1CCC[C@@H]1N1CCNCC1. The van der Waals surface area contributed by atoms with Crippen LogP contribution in [0.2, 0.25) is 0 Å². The van der Waals surface area contributed by atoms with Crippen molar-refractivity contribution in [1.29, 1.82) is 0 Å². The first-order valence-corrected chi connectivity index (χ1v) is 5.90. The van der Waals surface area contributed by atoms with E-state index in [2.05, 4.69) is 29.2 Å². The van der Waals surface area contributed by atoms with Crippen LogP contribution in [0.5, 0.6) is 0 Å². The van der Waals surface area contributed by atoms with Crippen LogP contribution in [0.1, 0.15) is 19.3 Å². The van der Waals surface area contributed by atoms with Gasteiger partial charge < -0.3 is 10.2 Å². The van der Waals surface area contributed by atoms with Gasteiger partial charge in [-0.3, -0.25) is 4.90 Å². The van der Waals surface area contributed by atoms with E-state index >= 15 is 0 Å². The van der Waals surface area contributed by atoms with E-state index in [0.717, 1.165) is 12.1 Å². The number of nitrogens with one attached hydrogen (secondary N) is 1. The van der Waals surface area contributed by atoms with E-state index < -0.39 is 0 Å². The molecule has 82 valence electrons. The molecule has 14 heavy (non-hydrogen) atoms. The Morgan fingerprint density at radius 1 is 1.14 bits per heavy atom. The molecule has 0 bridgehead atoms. The van der Waals surface area contributed by atoms with Crippen molar-refractivity contribution in [2.45, 2.75) is 31.3 Å². The van der Waals surface area contributed by atoms with Crippen LogP contribution in [-0.4, -0.2) is 62.2 Å². The summed E-state index contributed by atoms with van der Waals surface area (Å²) < 4.78 is 0. The van der Waals surface area contributed by atoms with Gasteiger partial charge in [0, 0.05) is 38.3 Å². The largest absolute Gasteiger partial charge is 0.314 e. The molecule has 1 N–H and O–H groups in total. The molecule has 2 atom stereocenters. The van der Waals surface area contributed by atoms with Crippen LogP contribution in [0, 0.1) is 0 Å². The number of piperazine rings is 1. The van der Waals surface area contributed by atoms with Crippen molar-refractivity contribution in [3.63, 3.8) is 0 Å². The van der Waals surface area contributed by atoms with Crippen LogP contribution in [0.4, 0.5) is 0 Å². The summed E-state index contributed by atoms with van der Waals surface area (Å²) >= 11 is 0. The topological polar surface area (TPSA) is 18.5 Å². The first-order valence-electron chi connectivity index (χ1n) is 5.90. The molecule has 1 saturated carbocycles. The molecule has 0 aromatic rings. The Kier molecular flexibility index (Phi) is 3.42. The molecule has 0 unspecified atom stereocenters. The molecular weight excluding hydrogens is 174 g/mol. The second-order valence-electron chi connectivity index (χ2n) is 4.82. The monoisotopic (exact) mass is 197 g/mol. The fraction of sp³-hybridized carbons (Fsp3) is 1.00. The minimum absolute atomic E-state index is 0.799. The van der Waals surface area contributed by atoms with Crippen LogP contribution >= 0.6 is 0 Å². The zero-order valence-electron chi connectivity index (χ0n) is 9.50. The third-order valence-electron chi connectivity index (χ3n) is 3.73. The molecule has 0 spiro atoms. The van der Waals surface area contributed by atoms with Gasteiger partial charge in [0.1, 0.15) is 0 Å². The third kappa shape index (κ3) is 2.10. The van der Waals surface area contributed by atoms with E-state index in [4.69, 9.17) is 0 Å². The number of rotatable bonds is 2. The lowest BCUT2D eigenvalue weighted by atomic mass is 10.1. The Balaban J connectivity index is 1.94. The van der Waals surface area contributed by atoms with Crippen molar-refractivity contribution in [3.8, 4) is 0 Å². The summed E-state index contributed by atoms with van der Waals surface area (Å²) in [7, 11) is 4.45. The average molecular weight is 197 g/mol. The van der Waals surface area contributed by atoms with Crippen LogP contribution in [0.25, 0.3) is 0 Å². The highest BCUT2D eigenvalue weighted by molar-refractivity contribution is 4.91. The second kappa shape index (κ2) is 4.60. The van der Waals surface area contributed by atoms with Gasteiger partial charge in [-0.15, -0.1) is 0 Å². The van der Waals surface area contributed by atoms with Gasteiger partial charge in [-0.1, -0.05) is 6.42 Å². The first-order chi connectivity index (χ1) is 6.79. The van der Waals surface area contributed by atoms with Crippen molar-refractivity contribution < 1.29 is 0 Å². The van der Waals surface area contributed by atoms with Gasteiger partial charge in [-0.2, -0.15) is 0 Å². The summed E-state index contributed by atoms with van der Waals surface area (Å²) in [5, 5.41) is 3.43. The summed E-state index contributed by atoms with van der Waals surface area (Å²) in [5.74, 6) is 0. The molecule has 2 aliphatic rings. The second-order valence-corrected chi connectivity index (χ2v) is 4.82. The molecule has 0 aromatic heterocycles. The molecule has 0 aromatic carbocycles. The van der Waals surface area contributed by atoms with Crippen LogP contribution in [0.15, 0.2) is 0 Å². The number of likely N-dealkylation sites (N-methyl/N-ethyl adjacent to an activating group) is 1. The van der Waals surface area contributed by atoms with E-state index in [-0.39, 0.29) is 0 Å². The van der Waals surface area contributed by atoms with Gasteiger partial charge in [0.2, 0.25) is 0 Å². The predicted octanol–water partition coefficient (Wildman–Crippen LogP) is 0.374. The Morgan fingerprint density at radius 2 is 1.86 bits per heavy atom.